The Labute approximate surface area is 160 Å². The van der Waals surface area contributed by atoms with Crippen molar-refractivity contribution in [2.45, 2.75) is 26.4 Å². The van der Waals surface area contributed by atoms with Gasteiger partial charge >= 0.3 is 0 Å². The van der Waals surface area contributed by atoms with Gasteiger partial charge in [0.25, 0.3) is 5.56 Å². The van der Waals surface area contributed by atoms with Crippen molar-refractivity contribution < 1.29 is 4.39 Å². The van der Waals surface area contributed by atoms with Crippen LogP contribution in [-0.2, 0) is 19.5 Å². The van der Waals surface area contributed by atoms with Gasteiger partial charge in [-0.2, -0.15) is 4.39 Å². The highest BCUT2D eigenvalue weighted by Gasteiger charge is 2.22. The van der Waals surface area contributed by atoms with E-state index in [1.807, 2.05) is 12.1 Å². The molecule has 0 bridgehead atoms. The van der Waals surface area contributed by atoms with Crippen LogP contribution in [0.3, 0.4) is 0 Å². The Morgan fingerprint density at radius 1 is 1.30 bits per heavy atom. The van der Waals surface area contributed by atoms with Gasteiger partial charge in [-0.3, -0.25) is 9.69 Å². The SMILES string of the molecule is Cc1cc(CN2CCc3nc(-c4ccc(Cl)cc4)[nH]c(=O)c3C2)cnc1F. The smallest absolute Gasteiger partial charge is 0.255 e. The van der Waals surface area contributed by atoms with Crippen LogP contribution >= 0.6 is 11.6 Å². The molecule has 3 heterocycles. The minimum atomic E-state index is -0.446. The molecule has 5 nitrogen and oxygen atoms in total. The molecule has 0 atom stereocenters. The summed E-state index contributed by atoms with van der Waals surface area (Å²) in [6, 6.07) is 9.02. The van der Waals surface area contributed by atoms with Gasteiger partial charge in [-0.25, -0.2) is 9.97 Å². The average Bonchev–Trinajstić information content (AvgIpc) is 2.66. The molecule has 0 unspecified atom stereocenters. The lowest BCUT2D eigenvalue weighted by molar-refractivity contribution is 0.241. The van der Waals surface area contributed by atoms with Crippen molar-refractivity contribution in [1.29, 1.82) is 0 Å². The van der Waals surface area contributed by atoms with Gasteiger partial charge in [0.1, 0.15) is 5.82 Å². The van der Waals surface area contributed by atoms with Crippen molar-refractivity contribution >= 4 is 11.6 Å². The molecule has 0 spiro atoms. The van der Waals surface area contributed by atoms with E-state index in [0.29, 0.717) is 41.5 Å². The number of fused-ring (bicyclic) bond motifs is 1. The molecule has 7 heteroatoms. The highest BCUT2D eigenvalue weighted by molar-refractivity contribution is 6.30. The molecule has 1 N–H and O–H groups in total. The van der Waals surface area contributed by atoms with Gasteiger partial charge in [0.15, 0.2) is 0 Å². The molecule has 1 aliphatic rings. The first-order chi connectivity index (χ1) is 13.0. The highest BCUT2D eigenvalue weighted by atomic mass is 35.5. The Balaban J connectivity index is 1.57. The van der Waals surface area contributed by atoms with E-state index in [-0.39, 0.29) is 5.56 Å². The van der Waals surface area contributed by atoms with E-state index < -0.39 is 5.95 Å². The first-order valence-corrected chi connectivity index (χ1v) is 9.09. The van der Waals surface area contributed by atoms with Crippen LogP contribution in [0.15, 0.2) is 41.3 Å². The first kappa shape index (κ1) is 17.8. The summed E-state index contributed by atoms with van der Waals surface area (Å²) in [6.45, 7) is 3.60. The zero-order valence-electron chi connectivity index (χ0n) is 14.8. The third-order valence-electron chi connectivity index (χ3n) is 4.74. The number of nitrogens with one attached hydrogen (secondary N) is 1. The van der Waals surface area contributed by atoms with Gasteiger partial charge in [-0.1, -0.05) is 11.6 Å². The van der Waals surface area contributed by atoms with Crippen LogP contribution < -0.4 is 5.56 Å². The van der Waals surface area contributed by atoms with Crippen molar-refractivity contribution in [1.82, 2.24) is 19.9 Å². The van der Waals surface area contributed by atoms with Crippen molar-refractivity contribution in [3.05, 3.63) is 80.2 Å². The van der Waals surface area contributed by atoms with Gasteiger partial charge < -0.3 is 4.98 Å². The largest absolute Gasteiger partial charge is 0.306 e. The highest BCUT2D eigenvalue weighted by Crippen LogP contribution is 2.21. The first-order valence-electron chi connectivity index (χ1n) is 8.71. The zero-order valence-corrected chi connectivity index (χ0v) is 15.6. The quantitative estimate of drug-likeness (QED) is 0.702. The second-order valence-corrected chi connectivity index (χ2v) is 7.20. The zero-order chi connectivity index (χ0) is 19.0. The minimum absolute atomic E-state index is 0.122. The van der Waals surface area contributed by atoms with Crippen LogP contribution in [0.25, 0.3) is 11.4 Å². The molecular weight excluding hydrogens is 367 g/mol. The molecule has 0 saturated carbocycles. The molecule has 1 aliphatic heterocycles. The average molecular weight is 385 g/mol. The Bertz CT molecular complexity index is 1050. The Hall–Kier alpha value is -2.57. The molecule has 0 fully saturated rings. The van der Waals surface area contributed by atoms with E-state index in [0.717, 1.165) is 23.4 Å². The van der Waals surface area contributed by atoms with E-state index in [1.165, 1.54) is 0 Å². The van der Waals surface area contributed by atoms with Crippen LogP contribution in [0.5, 0.6) is 0 Å². The van der Waals surface area contributed by atoms with Crippen LogP contribution in [0.2, 0.25) is 5.02 Å². The molecular formula is C20H18ClFN4O. The lowest BCUT2D eigenvalue weighted by Crippen LogP contribution is -2.35. The number of pyridine rings is 1. The number of hydrogen-bond donors (Lipinski definition) is 1. The summed E-state index contributed by atoms with van der Waals surface area (Å²) >= 11 is 5.92. The fraction of sp³-hybridized carbons (Fsp3) is 0.250. The maximum Gasteiger partial charge on any atom is 0.255 e. The molecule has 0 aliphatic carbocycles. The molecule has 0 amide bonds. The van der Waals surface area contributed by atoms with Crippen LogP contribution in [0, 0.1) is 12.9 Å². The monoisotopic (exact) mass is 384 g/mol. The second-order valence-electron chi connectivity index (χ2n) is 6.76. The number of aromatic nitrogens is 3. The van der Waals surface area contributed by atoms with Gasteiger partial charge in [0.2, 0.25) is 5.95 Å². The van der Waals surface area contributed by atoms with E-state index >= 15 is 0 Å². The van der Waals surface area contributed by atoms with Gasteiger partial charge in [0.05, 0.1) is 11.3 Å². The number of halogens is 2. The fourth-order valence-corrected chi connectivity index (χ4v) is 3.45. The Kier molecular flexibility index (Phi) is 4.76. The molecule has 1 aromatic carbocycles. The number of benzene rings is 1. The predicted octanol–water partition coefficient (Wildman–Crippen LogP) is 3.49. The van der Waals surface area contributed by atoms with E-state index in [4.69, 9.17) is 11.6 Å². The third-order valence-corrected chi connectivity index (χ3v) is 4.99. The standard InChI is InChI=1S/C20H18ClFN4O/c1-12-8-13(9-23-18(12)22)10-26-7-6-17-16(11-26)20(27)25-19(24-17)14-2-4-15(21)5-3-14/h2-5,8-9H,6-7,10-11H2,1H3,(H,24,25,27). The molecule has 27 heavy (non-hydrogen) atoms. The number of H-pyrrole nitrogens is 1. The van der Waals surface area contributed by atoms with Crippen molar-refractivity contribution in [2.24, 2.45) is 0 Å². The van der Waals surface area contributed by atoms with Crippen molar-refractivity contribution in [2.75, 3.05) is 6.54 Å². The maximum atomic E-state index is 13.3. The molecule has 0 radical (unpaired) electrons. The van der Waals surface area contributed by atoms with Gasteiger partial charge in [-0.15, -0.1) is 0 Å². The lowest BCUT2D eigenvalue weighted by atomic mass is 10.1. The number of nitrogens with zero attached hydrogens (tertiary/aromatic N) is 3. The Morgan fingerprint density at radius 3 is 2.81 bits per heavy atom. The van der Waals surface area contributed by atoms with Crippen LogP contribution in [-0.4, -0.2) is 26.4 Å². The number of rotatable bonds is 3. The summed E-state index contributed by atoms with van der Waals surface area (Å²) in [4.78, 5) is 26.1. The van der Waals surface area contributed by atoms with Gasteiger partial charge in [0, 0.05) is 48.4 Å². The molecule has 2 aromatic heterocycles. The summed E-state index contributed by atoms with van der Waals surface area (Å²) in [5, 5.41) is 0.639. The Morgan fingerprint density at radius 2 is 2.07 bits per heavy atom. The van der Waals surface area contributed by atoms with Crippen LogP contribution in [0.4, 0.5) is 4.39 Å². The molecule has 138 valence electrons. The van der Waals surface area contributed by atoms with Crippen molar-refractivity contribution in [3.8, 4) is 11.4 Å². The molecule has 0 saturated heterocycles. The number of aryl methyl sites for hydroxylation is 1. The van der Waals surface area contributed by atoms with E-state index in [2.05, 4.69) is 19.9 Å². The lowest BCUT2D eigenvalue weighted by Gasteiger charge is -2.27. The maximum absolute atomic E-state index is 13.3. The van der Waals surface area contributed by atoms with E-state index in [1.54, 1.807) is 31.3 Å². The van der Waals surface area contributed by atoms with Crippen molar-refractivity contribution in [3.63, 3.8) is 0 Å². The molecule has 4 rings (SSSR count). The van der Waals surface area contributed by atoms with E-state index in [9.17, 15) is 9.18 Å². The minimum Gasteiger partial charge on any atom is -0.306 e. The number of hydrogen-bond acceptors (Lipinski definition) is 4. The molecule has 3 aromatic rings. The van der Waals surface area contributed by atoms with Gasteiger partial charge in [-0.05, 0) is 42.8 Å². The summed E-state index contributed by atoms with van der Waals surface area (Å²) in [5.41, 5.74) is 3.67. The third kappa shape index (κ3) is 3.77. The topological polar surface area (TPSA) is 61.9 Å². The summed E-state index contributed by atoms with van der Waals surface area (Å²) in [7, 11) is 0. The fourth-order valence-electron chi connectivity index (χ4n) is 3.32. The number of aromatic amines is 1. The summed E-state index contributed by atoms with van der Waals surface area (Å²) in [5.74, 6) is 0.111. The summed E-state index contributed by atoms with van der Waals surface area (Å²) in [6.07, 6.45) is 2.23. The normalized spacial score (nSPS) is 14.2. The summed E-state index contributed by atoms with van der Waals surface area (Å²) < 4.78 is 13.3. The predicted molar refractivity (Wildman–Crippen MR) is 102 cm³/mol. The van der Waals surface area contributed by atoms with Crippen LogP contribution in [0.1, 0.15) is 22.4 Å². The second kappa shape index (κ2) is 7.21.